The number of hydrogen-bond donors (Lipinski definition) is 4. The number of anilines is 2. The number of guanidine groups is 2. The van der Waals surface area contributed by atoms with Crippen LogP contribution in [0.3, 0.4) is 0 Å². The standard InChI is InChI=1S/2C22H20N4O3.C2H6/c1-28-17-11-4-2-7-13(17)20-19-15(9-6-10-16(19)27)23-21(25-20)26-22-24-14-8-3-5-12-18(14)29-22;1-28-14-7-4-6-13(12-14)20-19-16(9-5-10-17(19)27)23-21(25-20)26-22-24-15-8-2-3-11-18(15)29-22;1-2/h2-5,7-8,11-12,20H,6,9-10H2,1H3,(H2,23,24,25,26);2-4,6-8,11-12,20H,5,9-10H2,1H3,(H2,23,24,25,26);1-2H3. The molecule has 0 amide bonds. The van der Waals surface area contributed by atoms with Crippen LogP contribution in [0.5, 0.6) is 11.5 Å². The molecule has 0 radical (unpaired) electrons. The quantitative estimate of drug-likeness (QED) is 0.126. The van der Waals surface area contributed by atoms with Gasteiger partial charge in [0.25, 0.3) is 0 Å². The highest BCUT2D eigenvalue weighted by molar-refractivity contribution is 6.04. The van der Waals surface area contributed by atoms with Crippen molar-refractivity contribution in [2.45, 2.75) is 64.5 Å². The predicted octanol–water partition coefficient (Wildman–Crippen LogP) is 8.94. The number of benzene rings is 4. The number of nitrogens with one attached hydrogen (secondary N) is 4. The molecule has 2 aliphatic heterocycles. The maximum atomic E-state index is 12.7. The number of oxazole rings is 2. The number of rotatable bonds is 6. The van der Waals surface area contributed by atoms with Crippen molar-refractivity contribution in [3.8, 4) is 11.5 Å². The molecule has 6 aromatic rings. The average molecular weight is 807 g/mol. The molecule has 2 aromatic heterocycles. The summed E-state index contributed by atoms with van der Waals surface area (Å²) < 4.78 is 22.4. The molecule has 14 heteroatoms. The Labute approximate surface area is 346 Å². The highest BCUT2D eigenvalue weighted by Gasteiger charge is 2.35. The minimum Gasteiger partial charge on any atom is -0.497 e. The van der Waals surface area contributed by atoms with E-state index in [4.69, 9.17) is 28.3 Å². The van der Waals surface area contributed by atoms with Crippen molar-refractivity contribution in [2.75, 3.05) is 24.9 Å². The number of nitrogens with zero attached hydrogens (tertiary/aromatic N) is 4. The first-order valence-corrected chi connectivity index (χ1v) is 20.2. The number of allylic oxidation sites excluding steroid dienone is 2. The zero-order valence-corrected chi connectivity index (χ0v) is 33.9. The third-order valence-corrected chi connectivity index (χ3v) is 10.4. The van der Waals surface area contributed by atoms with Gasteiger partial charge in [0.1, 0.15) is 34.6 Å². The molecule has 4 heterocycles. The monoisotopic (exact) mass is 806 g/mol. The summed E-state index contributed by atoms with van der Waals surface area (Å²) >= 11 is 0. The number of ether oxygens (including phenoxy) is 2. The summed E-state index contributed by atoms with van der Waals surface area (Å²) in [6.07, 6.45) is 4.32. The largest absolute Gasteiger partial charge is 0.497 e. The van der Waals surface area contributed by atoms with Crippen LogP contribution in [0.1, 0.15) is 75.6 Å². The molecule has 0 spiro atoms. The van der Waals surface area contributed by atoms with Gasteiger partial charge in [-0.15, -0.1) is 0 Å². The topological polar surface area (TPSA) is 177 Å². The molecule has 14 nitrogen and oxygen atoms in total. The Kier molecular flexibility index (Phi) is 11.7. The van der Waals surface area contributed by atoms with Gasteiger partial charge in [-0.25, -0.2) is 9.98 Å². The third kappa shape index (κ3) is 8.21. The van der Waals surface area contributed by atoms with E-state index in [0.717, 1.165) is 70.6 Å². The minimum atomic E-state index is -0.443. The average Bonchev–Trinajstić information content (AvgIpc) is 3.90. The lowest BCUT2D eigenvalue weighted by atomic mass is 9.85. The van der Waals surface area contributed by atoms with E-state index in [-0.39, 0.29) is 11.6 Å². The second-order valence-electron chi connectivity index (χ2n) is 14.1. The molecule has 2 atom stereocenters. The zero-order chi connectivity index (χ0) is 41.6. The second kappa shape index (κ2) is 17.7. The lowest BCUT2D eigenvalue weighted by Crippen LogP contribution is -2.38. The number of methoxy groups -OCH3 is 2. The van der Waals surface area contributed by atoms with Crippen LogP contribution >= 0.6 is 0 Å². The van der Waals surface area contributed by atoms with E-state index < -0.39 is 12.1 Å². The minimum absolute atomic E-state index is 0.124. The van der Waals surface area contributed by atoms with Crippen LogP contribution in [0.4, 0.5) is 12.0 Å². The highest BCUT2D eigenvalue weighted by Crippen LogP contribution is 2.40. The van der Waals surface area contributed by atoms with Gasteiger partial charge in [0.2, 0.25) is 11.9 Å². The molecule has 306 valence electrons. The number of ketones is 2. The molecular weight excluding hydrogens is 761 g/mol. The number of aromatic nitrogens is 2. The Bertz CT molecular complexity index is 2620. The summed E-state index contributed by atoms with van der Waals surface area (Å²) in [5, 5.41) is 12.8. The molecule has 10 rings (SSSR count). The number of Topliss-reactive ketones (excluding diaryl/α,β-unsaturated/α-hetero) is 2. The number of aliphatic imine (C=N–C) groups is 2. The molecule has 2 aliphatic carbocycles. The fourth-order valence-electron chi connectivity index (χ4n) is 7.71. The molecule has 4 N–H and O–H groups in total. The number of para-hydroxylation sites is 5. The second-order valence-corrected chi connectivity index (χ2v) is 14.1. The van der Waals surface area contributed by atoms with E-state index in [0.29, 0.717) is 59.3 Å². The number of fused-ring (bicyclic) bond motifs is 2. The van der Waals surface area contributed by atoms with Crippen LogP contribution in [0.25, 0.3) is 22.2 Å². The van der Waals surface area contributed by atoms with Crippen LogP contribution in [0, 0.1) is 0 Å². The molecule has 0 saturated carbocycles. The van der Waals surface area contributed by atoms with Crippen molar-refractivity contribution < 1.29 is 27.9 Å². The molecule has 0 bridgehead atoms. The van der Waals surface area contributed by atoms with E-state index in [1.807, 2.05) is 111 Å². The third-order valence-electron chi connectivity index (χ3n) is 10.4. The summed E-state index contributed by atoms with van der Waals surface area (Å²) in [4.78, 5) is 43.9. The van der Waals surface area contributed by atoms with Crippen LogP contribution in [0.15, 0.2) is 138 Å². The summed E-state index contributed by atoms with van der Waals surface area (Å²) in [6.45, 7) is 4.00. The number of carbonyl (C=O) groups is 2. The Morgan fingerprint density at radius 1 is 0.617 bits per heavy atom. The summed E-state index contributed by atoms with van der Waals surface area (Å²) in [7, 11) is 3.25. The first kappa shape index (κ1) is 39.6. The van der Waals surface area contributed by atoms with E-state index in [9.17, 15) is 9.59 Å². The summed E-state index contributed by atoms with van der Waals surface area (Å²) in [5.74, 6) is 2.71. The van der Waals surface area contributed by atoms with Crippen molar-refractivity contribution in [3.63, 3.8) is 0 Å². The van der Waals surface area contributed by atoms with Crippen LogP contribution < -0.4 is 30.7 Å². The SMILES string of the molecule is CC.COc1cccc(C2N=C(Nc3nc4ccccc4o3)NC3=C2C(=O)CCC3)c1.COc1ccccc1C1N=C(Nc2nc3ccccc3o2)NC2=C1C(=O)CCC2. The van der Waals surface area contributed by atoms with E-state index in [2.05, 4.69) is 31.2 Å². The van der Waals surface area contributed by atoms with Crippen molar-refractivity contribution in [1.29, 1.82) is 0 Å². The number of hydrogen-bond acceptors (Lipinski definition) is 14. The fraction of sp³-hybridized carbons (Fsp3) is 0.261. The Balaban J connectivity index is 0.000000160. The molecule has 0 saturated heterocycles. The van der Waals surface area contributed by atoms with Gasteiger partial charge in [0.15, 0.2) is 22.7 Å². The molecule has 0 fully saturated rings. The molecular formula is C46H46N8O6. The van der Waals surface area contributed by atoms with Crippen LogP contribution in [0.2, 0.25) is 0 Å². The molecule has 4 aromatic carbocycles. The first-order valence-electron chi connectivity index (χ1n) is 20.2. The summed E-state index contributed by atoms with van der Waals surface area (Å²) in [5.41, 5.74) is 7.93. The predicted molar refractivity (Wildman–Crippen MR) is 231 cm³/mol. The van der Waals surface area contributed by atoms with Crippen molar-refractivity contribution >= 4 is 57.7 Å². The van der Waals surface area contributed by atoms with Gasteiger partial charge in [0, 0.05) is 40.9 Å². The van der Waals surface area contributed by atoms with Crippen LogP contribution in [-0.4, -0.2) is 47.7 Å². The first-order chi connectivity index (χ1) is 29.4. The normalized spacial score (nSPS) is 18.3. The van der Waals surface area contributed by atoms with E-state index >= 15 is 0 Å². The van der Waals surface area contributed by atoms with Crippen molar-refractivity contribution in [2.24, 2.45) is 9.98 Å². The van der Waals surface area contributed by atoms with Crippen LogP contribution in [-0.2, 0) is 9.59 Å². The zero-order valence-electron chi connectivity index (χ0n) is 33.9. The van der Waals surface area contributed by atoms with Crippen molar-refractivity contribution in [3.05, 3.63) is 131 Å². The highest BCUT2D eigenvalue weighted by atomic mass is 16.5. The Morgan fingerprint density at radius 3 is 1.72 bits per heavy atom. The van der Waals surface area contributed by atoms with Gasteiger partial charge in [0.05, 0.1) is 14.2 Å². The van der Waals surface area contributed by atoms with E-state index in [1.54, 1.807) is 14.2 Å². The lowest BCUT2D eigenvalue weighted by molar-refractivity contribution is -0.117. The lowest BCUT2D eigenvalue weighted by Gasteiger charge is -2.30. The van der Waals surface area contributed by atoms with E-state index in [1.165, 1.54) is 0 Å². The van der Waals surface area contributed by atoms with Gasteiger partial charge in [-0.1, -0.05) is 68.4 Å². The van der Waals surface area contributed by atoms with Gasteiger partial charge in [-0.05, 0) is 73.7 Å². The molecule has 2 unspecified atom stereocenters. The van der Waals surface area contributed by atoms with Gasteiger partial charge >= 0.3 is 12.0 Å². The maximum absolute atomic E-state index is 12.7. The molecule has 4 aliphatic rings. The fourth-order valence-corrected chi connectivity index (χ4v) is 7.71. The van der Waals surface area contributed by atoms with Gasteiger partial charge in [-0.3, -0.25) is 20.2 Å². The Morgan fingerprint density at radius 2 is 1.15 bits per heavy atom. The van der Waals surface area contributed by atoms with Crippen molar-refractivity contribution in [1.82, 2.24) is 20.6 Å². The number of carbonyl (C=O) groups excluding carboxylic acids is 2. The smallest absolute Gasteiger partial charge is 0.302 e. The molecule has 60 heavy (non-hydrogen) atoms. The maximum Gasteiger partial charge on any atom is 0.302 e. The Hall–Kier alpha value is -7.22. The van der Waals surface area contributed by atoms with Gasteiger partial charge < -0.3 is 28.9 Å². The van der Waals surface area contributed by atoms with Gasteiger partial charge in [-0.2, -0.15) is 9.97 Å². The summed E-state index contributed by atoms with van der Waals surface area (Å²) in [6, 6.07) is 30.3.